The molecular formula is C11H10BrNO. The fourth-order valence-electron chi connectivity index (χ4n) is 1.44. The van der Waals surface area contributed by atoms with E-state index in [1.807, 2.05) is 30.5 Å². The first-order valence-corrected chi connectivity index (χ1v) is 5.14. The molecule has 0 amide bonds. The molecule has 0 saturated heterocycles. The van der Waals surface area contributed by atoms with E-state index in [1.54, 1.807) is 6.08 Å². The summed E-state index contributed by atoms with van der Waals surface area (Å²) in [7, 11) is 0. The first-order valence-electron chi connectivity index (χ1n) is 4.35. The van der Waals surface area contributed by atoms with Gasteiger partial charge < -0.3 is 10.1 Å². The Hall–Kier alpha value is -1.06. The molecular weight excluding hydrogens is 242 g/mol. The van der Waals surface area contributed by atoms with E-state index in [2.05, 4.69) is 20.9 Å². The van der Waals surface area contributed by atoms with E-state index in [9.17, 15) is 0 Å². The maximum Gasteiger partial charge on any atom is 0.0615 e. The molecule has 2 rings (SSSR count). The van der Waals surface area contributed by atoms with Gasteiger partial charge in [-0.05, 0) is 17.7 Å². The van der Waals surface area contributed by atoms with Crippen LogP contribution in [0.4, 0.5) is 0 Å². The van der Waals surface area contributed by atoms with Crippen molar-refractivity contribution in [2.75, 3.05) is 6.61 Å². The van der Waals surface area contributed by atoms with Gasteiger partial charge in [0.25, 0.3) is 0 Å². The third-order valence-electron chi connectivity index (χ3n) is 2.08. The van der Waals surface area contributed by atoms with Gasteiger partial charge in [-0.15, -0.1) is 0 Å². The molecule has 0 fully saturated rings. The van der Waals surface area contributed by atoms with Crippen molar-refractivity contribution < 1.29 is 5.11 Å². The maximum absolute atomic E-state index is 8.68. The summed E-state index contributed by atoms with van der Waals surface area (Å²) in [6, 6.07) is 6.09. The molecule has 2 aromatic rings. The number of fused-ring (bicyclic) bond motifs is 1. The molecule has 0 aliphatic heterocycles. The molecule has 2 N–H and O–H groups in total. The van der Waals surface area contributed by atoms with Crippen LogP contribution in [0, 0.1) is 0 Å². The number of aromatic nitrogens is 1. The molecule has 0 aliphatic carbocycles. The molecule has 0 radical (unpaired) electrons. The van der Waals surface area contributed by atoms with Gasteiger partial charge in [0, 0.05) is 21.6 Å². The average Bonchev–Trinajstić information content (AvgIpc) is 2.57. The number of aromatic amines is 1. The fourth-order valence-corrected chi connectivity index (χ4v) is 1.80. The van der Waals surface area contributed by atoms with Crippen LogP contribution >= 0.6 is 15.9 Å². The Balaban J connectivity index is 2.53. The number of rotatable bonds is 2. The molecule has 0 saturated carbocycles. The van der Waals surface area contributed by atoms with E-state index < -0.39 is 0 Å². The standard InChI is InChI=1S/C11H10BrNO/c12-9-3-4-10-8(2-1-5-14)7-13-11(10)6-9/h1-4,6-7,13-14H,5H2. The van der Waals surface area contributed by atoms with Crippen molar-refractivity contribution in [3.05, 3.63) is 40.5 Å². The van der Waals surface area contributed by atoms with Crippen LogP contribution in [0.5, 0.6) is 0 Å². The Kier molecular flexibility index (Phi) is 2.70. The molecule has 2 nitrogen and oxygen atoms in total. The number of nitrogens with one attached hydrogen (secondary N) is 1. The summed E-state index contributed by atoms with van der Waals surface area (Å²) in [6.07, 6.45) is 5.57. The molecule has 1 aromatic heterocycles. The van der Waals surface area contributed by atoms with Crippen molar-refractivity contribution in [1.29, 1.82) is 0 Å². The van der Waals surface area contributed by atoms with E-state index in [0.717, 1.165) is 20.9 Å². The molecule has 1 heterocycles. The molecule has 3 heteroatoms. The second kappa shape index (κ2) is 3.98. The first kappa shape index (κ1) is 9.49. The lowest BCUT2D eigenvalue weighted by molar-refractivity contribution is 0.343. The Morgan fingerprint density at radius 2 is 2.29 bits per heavy atom. The zero-order chi connectivity index (χ0) is 9.97. The summed E-state index contributed by atoms with van der Waals surface area (Å²) in [5, 5.41) is 9.84. The molecule has 72 valence electrons. The zero-order valence-electron chi connectivity index (χ0n) is 7.50. The van der Waals surface area contributed by atoms with E-state index in [4.69, 9.17) is 5.11 Å². The van der Waals surface area contributed by atoms with Gasteiger partial charge >= 0.3 is 0 Å². The van der Waals surface area contributed by atoms with Gasteiger partial charge in [0.2, 0.25) is 0 Å². The predicted octanol–water partition coefficient (Wildman–Crippen LogP) is 2.94. The highest BCUT2D eigenvalue weighted by atomic mass is 79.9. The van der Waals surface area contributed by atoms with Gasteiger partial charge in [0.05, 0.1) is 6.61 Å². The van der Waals surface area contributed by atoms with E-state index in [0.29, 0.717) is 0 Å². The molecule has 1 aromatic carbocycles. The highest BCUT2D eigenvalue weighted by molar-refractivity contribution is 9.10. The number of H-pyrrole nitrogens is 1. The number of benzene rings is 1. The lowest BCUT2D eigenvalue weighted by Gasteiger charge is -1.92. The third kappa shape index (κ3) is 1.74. The molecule has 0 atom stereocenters. The van der Waals surface area contributed by atoms with Crippen molar-refractivity contribution >= 4 is 32.9 Å². The predicted molar refractivity (Wildman–Crippen MR) is 62.1 cm³/mol. The topological polar surface area (TPSA) is 36.0 Å². The van der Waals surface area contributed by atoms with Crippen LogP contribution in [-0.2, 0) is 0 Å². The van der Waals surface area contributed by atoms with Crippen LogP contribution in [-0.4, -0.2) is 16.7 Å². The van der Waals surface area contributed by atoms with Crippen LogP contribution in [0.2, 0.25) is 0 Å². The quantitative estimate of drug-likeness (QED) is 0.846. The average molecular weight is 252 g/mol. The van der Waals surface area contributed by atoms with Crippen LogP contribution in [0.1, 0.15) is 5.56 Å². The molecule has 14 heavy (non-hydrogen) atoms. The highest BCUT2D eigenvalue weighted by Crippen LogP contribution is 2.22. The summed E-state index contributed by atoms with van der Waals surface area (Å²) in [5.74, 6) is 0. The number of halogens is 1. The molecule has 0 aliphatic rings. The van der Waals surface area contributed by atoms with Gasteiger partial charge in [-0.25, -0.2) is 0 Å². The Morgan fingerprint density at radius 3 is 3.07 bits per heavy atom. The summed E-state index contributed by atoms with van der Waals surface area (Å²) in [6.45, 7) is 0.0726. The Morgan fingerprint density at radius 1 is 1.43 bits per heavy atom. The Bertz CT molecular complexity index is 473. The minimum absolute atomic E-state index is 0.0726. The SMILES string of the molecule is OCC=Cc1c[nH]c2cc(Br)ccc12. The van der Waals surface area contributed by atoms with Crippen molar-refractivity contribution in [3.8, 4) is 0 Å². The normalized spacial score (nSPS) is 11.6. The van der Waals surface area contributed by atoms with Gasteiger partial charge in [-0.3, -0.25) is 0 Å². The van der Waals surface area contributed by atoms with Crippen molar-refractivity contribution in [3.63, 3.8) is 0 Å². The second-order valence-electron chi connectivity index (χ2n) is 3.02. The molecule has 0 spiro atoms. The highest BCUT2D eigenvalue weighted by Gasteiger charge is 2.00. The van der Waals surface area contributed by atoms with Gasteiger partial charge in [0.1, 0.15) is 0 Å². The van der Waals surface area contributed by atoms with Crippen LogP contribution in [0.25, 0.3) is 17.0 Å². The third-order valence-corrected chi connectivity index (χ3v) is 2.57. The monoisotopic (exact) mass is 251 g/mol. The van der Waals surface area contributed by atoms with E-state index >= 15 is 0 Å². The van der Waals surface area contributed by atoms with Gasteiger partial charge in [-0.1, -0.05) is 34.1 Å². The van der Waals surface area contributed by atoms with Crippen LogP contribution in [0.3, 0.4) is 0 Å². The van der Waals surface area contributed by atoms with Crippen molar-refractivity contribution in [2.24, 2.45) is 0 Å². The van der Waals surface area contributed by atoms with Crippen LogP contribution < -0.4 is 0 Å². The van der Waals surface area contributed by atoms with E-state index in [1.165, 1.54) is 0 Å². The summed E-state index contributed by atoms with van der Waals surface area (Å²) < 4.78 is 1.06. The fraction of sp³-hybridized carbons (Fsp3) is 0.0909. The zero-order valence-corrected chi connectivity index (χ0v) is 9.08. The second-order valence-corrected chi connectivity index (χ2v) is 3.93. The molecule has 0 bridgehead atoms. The Labute approximate surface area is 90.4 Å². The van der Waals surface area contributed by atoms with Crippen molar-refractivity contribution in [2.45, 2.75) is 0 Å². The lowest BCUT2D eigenvalue weighted by Crippen LogP contribution is -1.72. The summed E-state index contributed by atoms with van der Waals surface area (Å²) >= 11 is 3.42. The maximum atomic E-state index is 8.68. The summed E-state index contributed by atoms with van der Waals surface area (Å²) in [5.41, 5.74) is 2.19. The van der Waals surface area contributed by atoms with Crippen molar-refractivity contribution in [1.82, 2.24) is 4.98 Å². The number of aliphatic hydroxyl groups is 1. The first-order chi connectivity index (χ1) is 6.81. The number of hydrogen-bond acceptors (Lipinski definition) is 1. The van der Waals surface area contributed by atoms with Gasteiger partial charge in [-0.2, -0.15) is 0 Å². The minimum Gasteiger partial charge on any atom is -0.392 e. The largest absolute Gasteiger partial charge is 0.392 e. The minimum atomic E-state index is 0.0726. The van der Waals surface area contributed by atoms with E-state index in [-0.39, 0.29) is 6.61 Å². The van der Waals surface area contributed by atoms with Crippen LogP contribution in [0.15, 0.2) is 34.9 Å². The van der Waals surface area contributed by atoms with Gasteiger partial charge in [0.15, 0.2) is 0 Å². The smallest absolute Gasteiger partial charge is 0.0615 e. The molecule has 0 unspecified atom stereocenters. The summed E-state index contributed by atoms with van der Waals surface area (Å²) in [4.78, 5) is 3.18. The number of aliphatic hydroxyl groups excluding tert-OH is 1. The number of hydrogen-bond donors (Lipinski definition) is 2. The lowest BCUT2D eigenvalue weighted by atomic mass is 10.1.